The van der Waals surface area contributed by atoms with Crippen molar-refractivity contribution in [2.24, 2.45) is 0 Å². The van der Waals surface area contributed by atoms with Crippen LogP contribution in [0.3, 0.4) is 0 Å². The smallest absolute Gasteiger partial charge is 0.241 e. The molecule has 128 valence electrons. The Labute approximate surface area is 136 Å². The number of ether oxygens (including phenoxy) is 1. The van der Waals surface area contributed by atoms with Crippen LogP contribution in [0, 0.1) is 12.7 Å². The maximum absolute atomic E-state index is 13.2. The lowest BCUT2D eigenvalue weighted by Gasteiger charge is -2.31. The largest absolute Gasteiger partial charge is 0.381 e. The van der Waals surface area contributed by atoms with Gasteiger partial charge in [0.2, 0.25) is 10.0 Å². The third-order valence-electron chi connectivity index (χ3n) is 4.68. The molecular formula is C16H23FN2O3S. The topological polar surface area (TPSA) is 58.6 Å². The van der Waals surface area contributed by atoms with Gasteiger partial charge >= 0.3 is 0 Å². The minimum atomic E-state index is -3.61. The van der Waals surface area contributed by atoms with Crippen molar-refractivity contribution in [3.05, 3.63) is 29.6 Å². The van der Waals surface area contributed by atoms with Gasteiger partial charge in [-0.15, -0.1) is 0 Å². The van der Waals surface area contributed by atoms with Crippen molar-refractivity contribution in [3.63, 3.8) is 0 Å². The van der Waals surface area contributed by atoms with Gasteiger partial charge in [-0.1, -0.05) is 0 Å². The van der Waals surface area contributed by atoms with Gasteiger partial charge in [-0.3, -0.25) is 4.90 Å². The molecule has 2 aliphatic heterocycles. The molecule has 1 aromatic carbocycles. The standard InChI is InChI=1S/C16H23FN2O3S/c1-12-10-13(17)2-3-16(12)23(20,21)18-14-4-7-19(11-14)15-5-8-22-9-6-15/h2-3,10,14-15,18H,4-9,11H2,1H3. The van der Waals surface area contributed by atoms with E-state index in [4.69, 9.17) is 4.74 Å². The van der Waals surface area contributed by atoms with Crippen molar-refractivity contribution >= 4 is 10.0 Å². The first-order valence-corrected chi connectivity index (χ1v) is 9.54. The minimum absolute atomic E-state index is 0.0905. The number of hydrogen-bond donors (Lipinski definition) is 1. The Morgan fingerprint density at radius 3 is 2.70 bits per heavy atom. The molecule has 0 bridgehead atoms. The van der Waals surface area contributed by atoms with Crippen LogP contribution < -0.4 is 4.72 Å². The third-order valence-corrected chi connectivity index (χ3v) is 6.36. The van der Waals surface area contributed by atoms with Crippen LogP contribution in [-0.2, 0) is 14.8 Å². The number of nitrogens with one attached hydrogen (secondary N) is 1. The van der Waals surface area contributed by atoms with Crippen molar-refractivity contribution in [2.45, 2.75) is 43.2 Å². The molecule has 0 aromatic heterocycles. The van der Waals surface area contributed by atoms with Crippen LogP contribution in [0.15, 0.2) is 23.1 Å². The predicted molar refractivity (Wildman–Crippen MR) is 85.3 cm³/mol. The Bertz CT molecular complexity index is 659. The fraction of sp³-hybridized carbons (Fsp3) is 0.625. The van der Waals surface area contributed by atoms with E-state index in [9.17, 15) is 12.8 Å². The zero-order chi connectivity index (χ0) is 16.4. The third kappa shape index (κ3) is 3.91. The highest BCUT2D eigenvalue weighted by molar-refractivity contribution is 7.89. The van der Waals surface area contributed by atoms with E-state index >= 15 is 0 Å². The lowest BCUT2D eigenvalue weighted by molar-refractivity contribution is 0.0418. The fourth-order valence-corrected chi connectivity index (χ4v) is 4.95. The summed E-state index contributed by atoms with van der Waals surface area (Å²) in [5.74, 6) is -0.423. The molecule has 2 aliphatic rings. The Balaban J connectivity index is 1.64. The van der Waals surface area contributed by atoms with E-state index in [0.29, 0.717) is 11.6 Å². The summed E-state index contributed by atoms with van der Waals surface area (Å²) in [6.07, 6.45) is 2.82. The van der Waals surface area contributed by atoms with E-state index in [1.54, 1.807) is 6.92 Å². The molecule has 0 amide bonds. The highest BCUT2D eigenvalue weighted by Gasteiger charge is 2.32. The zero-order valence-corrected chi connectivity index (χ0v) is 14.1. The van der Waals surface area contributed by atoms with Crippen LogP contribution in [0.5, 0.6) is 0 Å². The number of rotatable bonds is 4. The molecule has 0 spiro atoms. The highest BCUT2D eigenvalue weighted by atomic mass is 32.2. The Morgan fingerprint density at radius 2 is 2.00 bits per heavy atom. The second kappa shape index (κ2) is 6.84. The molecular weight excluding hydrogens is 319 g/mol. The Morgan fingerprint density at radius 1 is 1.26 bits per heavy atom. The van der Waals surface area contributed by atoms with Gasteiger partial charge in [-0.25, -0.2) is 17.5 Å². The van der Waals surface area contributed by atoms with E-state index in [2.05, 4.69) is 9.62 Å². The summed E-state index contributed by atoms with van der Waals surface area (Å²) in [5, 5.41) is 0. The van der Waals surface area contributed by atoms with E-state index in [0.717, 1.165) is 45.6 Å². The SMILES string of the molecule is Cc1cc(F)ccc1S(=O)(=O)NC1CCN(C2CCOCC2)C1. The van der Waals surface area contributed by atoms with Crippen molar-refractivity contribution in [1.82, 2.24) is 9.62 Å². The summed E-state index contributed by atoms with van der Waals surface area (Å²) < 4.78 is 46.4. The van der Waals surface area contributed by atoms with Gasteiger partial charge in [0.1, 0.15) is 5.82 Å². The van der Waals surface area contributed by atoms with E-state index in [-0.39, 0.29) is 10.9 Å². The molecule has 23 heavy (non-hydrogen) atoms. The first-order chi connectivity index (χ1) is 11.0. The first kappa shape index (κ1) is 16.8. The number of benzene rings is 1. The normalized spacial score (nSPS) is 24.2. The fourth-order valence-electron chi connectivity index (χ4n) is 3.46. The van der Waals surface area contributed by atoms with E-state index in [1.165, 1.54) is 18.2 Å². The molecule has 2 fully saturated rings. The van der Waals surface area contributed by atoms with Crippen LogP contribution >= 0.6 is 0 Å². The summed E-state index contributed by atoms with van der Waals surface area (Å²) in [4.78, 5) is 2.51. The molecule has 2 heterocycles. The van der Waals surface area contributed by atoms with Crippen molar-refractivity contribution < 1.29 is 17.5 Å². The van der Waals surface area contributed by atoms with Crippen molar-refractivity contribution in [3.8, 4) is 0 Å². The Hall–Kier alpha value is -1.02. The van der Waals surface area contributed by atoms with Crippen molar-refractivity contribution in [1.29, 1.82) is 0 Å². The summed E-state index contributed by atoms with van der Waals surface area (Å²) in [7, 11) is -3.61. The molecule has 0 saturated carbocycles. The van der Waals surface area contributed by atoms with Crippen LogP contribution in [0.1, 0.15) is 24.8 Å². The molecule has 3 rings (SSSR count). The lowest BCUT2D eigenvalue weighted by Crippen LogP contribution is -2.41. The van der Waals surface area contributed by atoms with E-state index in [1.807, 2.05) is 0 Å². The van der Waals surface area contributed by atoms with E-state index < -0.39 is 15.8 Å². The molecule has 1 N–H and O–H groups in total. The quantitative estimate of drug-likeness (QED) is 0.904. The second-order valence-corrected chi connectivity index (χ2v) is 8.04. The molecule has 1 aromatic rings. The lowest BCUT2D eigenvalue weighted by atomic mass is 10.1. The molecule has 1 unspecified atom stereocenters. The molecule has 1 atom stereocenters. The number of halogens is 1. The van der Waals surface area contributed by atoms with Gasteiger partial charge in [0.15, 0.2) is 0 Å². The van der Waals surface area contributed by atoms with Gasteiger partial charge in [0.05, 0.1) is 4.90 Å². The monoisotopic (exact) mass is 342 g/mol. The number of sulfonamides is 1. The molecule has 5 nitrogen and oxygen atoms in total. The Kier molecular flexibility index (Phi) is 5.01. The van der Waals surface area contributed by atoms with Gasteiger partial charge in [0.25, 0.3) is 0 Å². The first-order valence-electron chi connectivity index (χ1n) is 8.06. The molecule has 0 radical (unpaired) electrons. The number of likely N-dealkylation sites (tertiary alicyclic amines) is 1. The van der Waals surface area contributed by atoms with Crippen LogP contribution in [0.4, 0.5) is 4.39 Å². The molecule has 2 saturated heterocycles. The van der Waals surface area contributed by atoms with Gasteiger partial charge in [0, 0.05) is 38.4 Å². The average molecular weight is 342 g/mol. The van der Waals surface area contributed by atoms with Gasteiger partial charge in [-0.05, 0) is 49.9 Å². The molecule has 0 aliphatic carbocycles. The maximum atomic E-state index is 13.2. The average Bonchev–Trinajstić information content (AvgIpc) is 2.95. The van der Waals surface area contributed by atoms with Crippen LogP contribution in [0.2, 0.25) is 0 Å². The predicted octanol–water partition coefficient (Wildman–Crippen LogP) is 1.67. The maximum Gasteiger partial charge on any atom is 0.241 e. The number of nitrogens with zero attached hydrogens (tertiary/aromatic N) is 1. The molecule has 7 heteroatoms. The van der Waals surface area contributed by atoms with Crippen LogP contribution in [-0.4, -0.2) is 51.7 Å². The summed E-state index contributed by atoms with van der Waals surface area (Å²) in [5.41, 5.74) is 0.428. The zero-order valence-electron chi connectivity index (χ0n) is 13.3. The highest BCUT2D eigenvalue weighted by Crippen LogP contribution is 2.22. The summed E-state index contributed by atoms with van der Waals surface area (Å²) >= 11 is 0. The second-order valence-electron chi connectivity index (χ2n) is 6.36. The van der Waals surface area contributed by atoms with Gasteiger partial charge in [-0.2, -0.15) is 0 Å². The van der Waals surface area contributed by atoms with Gasteiger partial charge < -0.3 is 4.74 Å². The summed E-state index contributed by atoms with van der Waals surface area (Å²) in [6, 6.07) is 4.17. The summed E-state index contributed by atoms with van der Waals surface area (Å²) in [6.45, 7) is 4.81. The number of hydrogen-bond acceptors (Lipinski definition) is 4. The van der Waals surface area contributed by atoms with Crippen molar-refractivity contribution in [2.75, 3.05) is 26.3 Å². The van der Waals surface area contributed by atoms with Crippen LogP contribution in [0.25, 0.3) is 0 Å². The number of aryl methyl sites for hydroxylation is 1. The minimum Gasteiger partial charge on any atom is -0.381 e.